The number of hydrogen-bond acceptors (Lipinski definition) is 2. The van der Waals surface area contributed by atoms with Gasteiger partial charge in [0.25, 0.3) is 0 Å². The Morgan fingerprint density at radius 2 is 1.65 bits per heavy atom. The fraction of sp³-hybridized carbons (Fsp3) is 1.00. The van der Waals surface area contributed by atoms with Crippen molar-refractivity contribution in [1.82, 2.24) is 4.90 Å². The average Bonchev–Trinajstić information content (AvgIpc) is 2.79. The van der Waals surface area contributed by atoms with Gasteiger partial charge in [0.15, 0.2) is 0 Å². The maximum Gasteiger partial charge on any atom is 0.0555 e. The first-order chi connectivity index (χ1) is 8.16. The Balaban J connectivity index is 1.97. The molecule has 1 N–H and O–H groups in total. The molecule has 2 saturated carbocycles. The summed E-state index contributed by atoms with van der Waals surface area (Å²) in [5, 5.41) is 9.88. The quantitative estimate of drug-likeness (QED) is 0.814. The van der Waals surface area contributed by atoms with Gasteiger partial charge in [-0.15, -0.1) is 0 Å². The molecule has 0 aromatic heterocycles. The molecular formula is C15H29NO. The van der Waals surface area contributed by atoms with Crippen molar-refractivity contribution in [2.45, 2.75) is 83.4 Å². The van der Waals surface area contributed by atoms with E-state index in [4.69, 9.17) is 0 Å². The fourth-order valence-electron chi connectivity index (χ4n) is 3.69. The summed E-state index contributed by atoms with van der Waals surface area (Å²) in [6.45, 7) is 5.87. The smallest absolute Gasteiger partial charge is 0.0555 e. The van der Waals surface area contributed by atoms with Crippen LogP contribution >= 0.6 is 0 Å². The number of aliphatic hydroxyl groups is 1. The molecule has 17 heavy (non-hydrogen) atoms. The van der Waals surface area contributed by atoms with Gasteiger partial charge in [0, 0.05) is 18.6 Å². The summed E-state index contributed by atoms with van der Waals surface area (Å²) in [4.78, 5) is 2.75. The Labute approximate surface area is 106 Å². The largest absolute Gasteiger partial charge is 0.393 e. The molecule has 2 heteroatoms. The topological polar surface area (TPSA) is 23.5 Å². The molecule has 0 aromatic rings. The Morgan fingerprint density at radius 3 is 2.24 bits per heavy atom. The zero-order valence-corrected chi connectivity index (χ0v) is 11.6. The van der Waals surface area contributed by atoms with Crippen LogP contribution in [0.25, 0.3) is 0 Å². The van der Waals surface area contributed by atoms with Gasteiger partial charge in [0.1, 0.15) is 0 Å². The molecule has 2 fully saturated rings. The van der Waals surface area contributed by atoms with Gasteiger partial charge in [-0.25, -0.2) is 0 Å². The minimum absolute atomic E-state index is 0.0372. The number of aliphatic hydroxyl groups excluding tert-OH is 1. The molecule has 2 nitrogen and oxygen atoms in total. The van der Waals surface area contributed by atoms with Crippen molar-refractivity contribution in [3.05, 3.63) is 0 Å². The second kappa shape index (κ2) is 6.19. The summed E-state index contributed by atoms with van der Waals surface area (Å²) in [5.41, 5.74) is 0. The maximum absolute atomic E-state index is 9.88. The zero-order chi connectivity index (χ0) is 12.3. The molecule has 0 amide bonds. The van der Waals surface area contributed by atoms with Crippen molar-refractivity contribution in [2.24, 2.45) is 5.92 Å². The van der Waals surface area contributed by atoms with E-state index in [0.717, 1.165) is 24.8 Å². The van der Waals surface area contributed by atoms with Gasteiger partial charge in [-0.05, 0) is 44.4 Å². The summed E-state index contributed by atoms with van der Waals surface area (Å²) in [7, 11) is 0. The highest BCUT2D eigenvalue weighted by molar-refractivity contribution is 4.87. The molecule has 0 bridgehead atoms. The van der Waals surface area contributed by atoms with Gasteiger partial charge in [-0.2, -0.15) is 0 Å². The van der Waals surface area contributed by atoms with Gasteiger partial charge >= 0.3 is 0 Å². The molecule has 2 aliphatic carbocycles. The standard InChI is InChI=1S/C15H29NO/c1-12(2)11-16(13-6-3-4-7-13)14-8-5-9-15(17)10-14/h12-15,17H,3-11H2,1-2H3. The van der Waals surface area contributed by atoms with Gasteiger partial charge in [-0.1, -0.05) is 26.7 Å². The summed E-state index contributed by atoms with van der Waals surface area (Å²) in [6, 6.07) is 1.47. The molecule has 2 unspecified atom stereocenters. The Morgan fingerprint density at radius 1 is 1.00 bits per heavy atom. The molecule has 0 radical (unpaired) electrons. The van der Waals surface area contributed by atoms with E-state index in [9.17, 15) is 5.11 Å². The molecule has 2 atom stereocenters. The predicted octanol–water partition coefficient (Wildman–Crippen LogP) is 3.19. The zero-order valence-electron chi connectivity index (χ0n) is 11.6. The molecule has 0 aliphatic heterocycles. The first-order valence-electron chi connectivity index (χ1n) is 7.60. The van der Waals surface area contributed by atoms with E-state index in [1.807, 2.05) is 0 Å². The molecule has 2 rings (SSSR count). The van der Waals surface area contributed by atoms with Crippen LogP contribution in [0.5, 0.6) is 0 Å². The lowest BCUT2D eigenvalue weighted by atomic mass is 9.90. The van der Waals surface area contributed by atoms with E-state index < -0.39 is 0 Å². The van der Waals surface area contributed by atoms with E-state index in [0.29, 0.717) is 6.04 Å². The third-order valence-electron chi connectivity index (χ3n) is 4.46. The van der Waals surface area contributed by atoms with Crippen molar-refractivity contribution in [3.63, 3.8) is 0 Å². The minimum atomic E-state index is -0.0372. The predicted molar refractivity (Wildman–Crippen MR) is 72.1 cm³/mol. The van der Waals surface area contributed by atoms with Crippen LogP contribution in [0.4, 0.5) is 0 Å². The summed E-state index contributed by atoms with van der Waals surface area (Å²) < 4.78 is 0. The highest BCUT2D eigenvalue weighted by Gasteiger charge is 2.31. The third kappa shape index (κ3) is 3.69. The average molecular weight is 239 g/mol. The Bertz CT molecular complexity index is 223. The van der Waals surface area contributed by atoms with Crippen LogP contribution in [0.1, 0.15) is 65.2 Å². The molecule has 100 valence electrons. The van der Waals surface area contributed by atoms with Crippen LogP contribution < -0.4 is 0 Å². The molecule has 0 aromatic carbocycles. The number of rotatable bonds is 4. The van der Waals surface area contributed by atoms with Gasteiger partial charge in [0.05, 0.1) is 6.10 Å². The van der Waals surface area contributed by atoms with E-state index in [-0.39, 0.29) is 6.10 Å². The van der Waals surface area contributed by atoms with Crippen LogP contribution in [-0.4, -0.2) is 34.7 Å². The monoisotopic (exact) mass is 239 g/mol. The molecule has 0 heterocycles. The van der Waals surface area contributed by atoms with Crippen LogP contribution in [-0.2, 0) is 0 Å². The molecule has 0 spiro atoms. The van der Waals surface area contributed by atoms with E-state index in [1.54, 1.807) is 0 Å². The van der Waals surface area contributed by atoms with Gasteiger partial charge < -0.3 is 5.11 Å². The first kappa shape index (κ1) is 13.4. The van der Waals surface area contributed by atoms with E-state index in [2.05, 4.69) is 18.7 Å². The maximum atomic E-state index is 9.88. The summed E-state index contributed by atoms with van der Waals surface area (Å²) >= 11 is 0. The van der Waals surface area contributed by atoms with Crippen molar-refractivity contribution in [2.75, 3.05) is 6.54 Å². The molecular weight excluding hydrogens is 210 g/mol. The van der Waals surface area contributed by atoms with Crippen molar-refractivity contribution in [1.29, 1.82) is 0 Å². The van der Waals surface area contributed by atoms with E-state index in [1.165, 1.54) is 45.1 Å². The highest BCUT2D eigenvalue weighted by atomic mass is 16.3. The van der Waals surface area contributed by atoms with Crippen LogP contribution in [0, 0.1) is 5.92 Å². The van der Waals surface area contributed by atoms with Gasteiger partial charge in [0.2, 0.25) is 0 Å². The van der Waals surface area contributed by atoms with Crippen molar-refractivity contribution >= 4 is 0 Å². The SMILES string of the molecule is CC(C)CN(C1CCCC1)C1CCCC(O)C1. The lowest BCUT2D eigenvalue weighted by Crippen LogP contribution is -2.47. The Hall–Kier alpha value is -0.0800. The Kier molecular flexibility index (Phi) is 4.87. The second-order valence-electron chi connectivity index (χ2n) is 6.50. The number of nitrogens with zero attached hydrogens (tertiary/aromatic N) is 1. The molecule has 0 saturated heterocycles. The first-order valence-corrected chi connectivity index (χ1v) is 7.60. The lowest BCUT2D eigenvalue weighted by Gasteiger charge is -2.41. The van der Waals surface area contributed by atoms with Crippen molar-refractivity contribution < 1.29 is 5.11 Å². The van der Waals surface area contributed by atoms with Crippen LogP contribution in [0.2, 0.25) is 0 Å². The van der Waals surface area contributed by atoms with Crippen molar-refractivity contribution in [3.8, 4) is 0 Å². The minimum Gasteiger partial charge on any atom is -0.393 e. The van der Waals surface area contributed by atoms with E-state index >= 15 is 0 Å². The molecule has 2 aliphatic rings. The normalized spacial score (nSPS) is 31.6. The fourth-order valence-corrected chi connectivity index (χ4v) is 3.69. The highest BCUT2D eigenvalue weighted by Crippen LogP contribution is 2.31. The summed E-state index contributed by atoms with van der Waals surface area (Å²) in [5.74, 6) is 0.745. The van der Waals surface area contributed by atoms with Crippen LogP contribution in [0.3, 0.4) is 0 Å². The third-order valence-corrected chi connectivity index (χ3v) is 4.46. The van der Waals surface area contributed by atoms with Crippen LogP contribution in [0.15, 0.2) is 0 Å². The second-order valence-corrected chi connectivity index (χ2v) is 6.50. The van der Waals surface area contributed by atoms with Gasteiger partial charge in [-0.3, -0.25) is 4.90 Å². The summed E-state index contributed by atoms with van der Waals surface area (Å²) in [6.07, 6.45) is 10.1. The lowest BCUT2D eigenvalue weighted by molar-refractivity contribution is 0.0345. The number of hydrogen-bond donors (Lipinski definition) is 1.